The van der Waals surface area contributed by atoms with E-state index in [1.807, 2.05) is 87.5 Å². The second kappa shape index (κ2) is 12.0. The van der Waals surface area contributed by atoms with Crippen LogP contribution < -0.4 is 14.4 Å². The summed E-state index contributed by atoms with van der Waals surface area (Å²) in [6.45, 7) is 5.89. The maximum Gasteiger partial charge on any atom is 0.264 e. The first-order valence-electron chi connectivity index (χ1n) is 12.5. The Morgan fingerprint density at radius 1 is 0.789 bits per heavy atom. The van der Waals surface area contributed by atoms with Crippen LogP contribution in [0, 0.1) is 13.8 Å². The SMILES string of the molecule is CCOc1ccc(S(=O)(=O)N(CC(=O)N[C@@H](c2ccccc2)c2ccc(C)cc2)c2ccc(C)cc2)cc1. The van der Waals surface area contributed by atoms with Crippen LogP contribution in [-0.4, -0.2) is 27.5 Å². The molecule has 1 N–H and O–H groups in total. The summed E-state index contributed by atoms with van der Waals surface area (Å²) in [5.74, 6) is 0.157. The molecule has 38 heavy (non-hydrogen) atoms. The minimum absolute atomic E-state index is 0.0764. The van der Waals surface area contributed by atoms with E-state index in [2.05, 4.69) is 5.32 Å². The smallest absolute Gasteiger partial charge is 0.264 e. The third-order valence-electron chi connectivity index (χ3n) is 6.18. The molecule has 0 aliphatic carbocycles. The Labute approximate surface area is 225 Å². The number of amides is 1. The van der Waals surface area contributed by atoms with Gasteiger partial charge in [0.2, 0.25) is 5.91 Å². The Balaban J connectivity index is 1.66. The van der Waals surface area contributed by atoms with Crippen LogP contribution in [0.1, 0.15) is 35.2 Å². The quantitative estimate of drug-likeness (QED) is 0.282. The number of anilines is 1. The van der Waals surface area contributed by atoms with E-state index in [0.29, 0.717) is 18.0 Å². The molecule has 1 amide bonds. The maximum atomic E-state index is 13.8. The molecular weight excluding hydrogens is 496 g/mol. The summed E-state index contributed by atoms with van der Waals surface area (Å²) in [5.41, 5.74) is 4.32. The molecule has 0 heterocycles. The third kappa shape index (κ3) is 6.42. The second-order valence-electron chi connectivity index (χ2n) is 9.07. The van der Waals surface area contributed by atoms with E-state index in [1.54, 1.807) is 24.3 Å². The molecule has 6 nitrogen and oxygen atoms in total. The highest BCUT2D eigenvalue weighted by atomic mass is 32.2. The monoisotopic (exact) mass is 528 g/mol. The third-order valence-corrected chi connectivity index (χ3v) is 7.97. The average Bonchev–Trinajstić information content (AvgIpc) is 2.92. The van der Waals surface area contributed by atoms with E-state index in [-0.39, 0.29) is 11.4 Å². The largest absolute Gasteiger partial charge is 0.494 e. The van der Waals surface area contributed by atoms with Gasteiger partial charge < -0.3 is 10.1 Å². The van der Waals surface area contributed by atoms with Gasteiger partial charge >= 0.3 is 0 Å². The van der Waals surface area contributed by atoms with Crippen LogP contribution in [0.4, 0.5) is 5.69 Å². The molecule has 1 atom stereocenters. The van der Waals surface area contributed by atoms with Gasteiger partial charge in [0.1, 0.15) is 12.3 Å². The van der Waals surface area contributed by atoms with E-state index in [0.717, 1.165) is 26.6 Å². The molecule has 0 spiro atoms. The van der Waals surface area contributed by atoms with Crippen molar-refractivity contribution in [2.75, 3.05) is 17.5 Å². The van der Waals surface area contributed by atoms with Crippen molar-refractivity contribution in [1.29, 1.82) is 0 Å². The molecule has 4 aromatic rings. The molecule has 0 aliphatic rings. The zero-order chi connectivity index (χ0) is 27.1. The van der Waals surface area contributed by atoms with E-state index >= 15 is 0 Å². The van der Waals surface area contributed by atoms with Crippen LogP contribution in [0.2, 0.25) is 0 Å². The van der Waals surface area contributed by atoms with Crippen molar-refractivity contribution in [2.24, 2.45) is 0 Å². The van der Waals surface area contributed by atoms with E-state index < -0.39 is 22.0 Å². The lowest BCUT2D eigenvalue weighted by Gasteiger charge is -2.26. The van der Waals surface area contributed by atoms with Crippen LogP contribution in [0.25, 0.3) is 0 Å². The number of carbonyl (C=O) groups is 1. The summed E-state index contributed by atoms with van der Waals surface area (Å²) < 4.78 is 34.2. The van der Waals surface area contributed by atoms with Crippen LogP contribution in [0.5, 0.6) is 5.75 Å². The van der Waals surface area contributed by atoms with Gasteiger partial charge in [-0.15, -0.1) is 0 Å². The minimum atomic E-state index is -4.05. The lowest BCUT2D eigenvalue weighted by Crippen LogP contribution is -2.42. The lowest BCUT2D eigenvalue weighted by molar-refractivity contribution is -0.120. The second-order valence-corrected chi connectivity index (χ2v) is 10.9. The Kier molecular flexibility index (Phi) is 8.48. The number of aryl methyl sites for hydroxylation is 2. The zero-order valence-electron chi connectivity index (χ0n) is 21.8. The Bertz CT molecular complexity index is 1450. The van der Waals surface area contributed by atoms with E-state index in [1.165, 1.54) is 12.1 Å². The van der Waals surface area contributed by atoms with Gasteiger partial charge in [-0.1, -0.05) is 77.9 Å². The van der Waals surface area contributed by atoms with Crippen LogP contribution in [-0.2, 0) is 14.8 Å². The molecule has 0 aromatic heterocycles. The molecule has 0 fully saturated rings. The highest BCUT2D eigenvalue weighted by molar-refractivity contribution is 7.92. The summed E-state index contributed by atoms with van der Waals surface area (Å²) in [7, 11) is -4.05. The number of hydrogen-bond acceptors (Lipinski definition) is 4. The highest BCUT2D eigenvalue weighted by Crippen LogP contribution is 2.27. The average molecular weight is 529 g/mol. The van der Waals surface area contributed by atoms with Crippen molar-refractivity contribution in [3.8, 4) is 5.75 Å². The molecule has 0 saturated carbocycles. The Morgan fingerprint density at radius 2 is 1.34 bits per heavy atom. The van der Waals surface area contributed by atoms with Crippen LogP contribution in [0.15, 0.2) is 108 Å². The van der Waals surface area contributed by atoms with Crippen molar-refractivity contribution in [3.05, 3.63) is 125 Å². The van der Waals surface area contributed by atoms with Crippen molar-refractivity contribution < 1.29 is 17.9 Å². The van der Waals surface area contributed by atoms with Gasteiger partial charge in [-0.25, -0.2) is 8.42 Å². The van der Waals surface area contributed by atoms with Gasteiger partial charge in [0.15, 0.2) is 0 Å². The van der Waals surface area contributed by atoms with Crippen molar-refractivity contribution in [1.82, 2.24) is 5.32 Å². The molecule has 4 rings (SSSR count). The van der Waals surface area contributed by atoms with Gasteiger partial charge in [-0.3, -0.25) is 9.10 Å². The van der Waals surface area contributed by atoms with Gasteiger partial charge in [0.25, 0.3) is 10.0 Å². The maximum absolute atomic E-state index is 13.8. The van der Waals surface area contributed by atoms with Gasteiger partial charge in [0, 0.05) is 0 Å². The van der Waals surface area contributed by atoms with Crippen LogP contribution >= 0.6 is 0 Å². The summed E-state index contributed by atoms with van der Waals surface area (Å²) in [6.07, 6.45) is 0. The predicted octanol–water partition coefficient (Wildman–Crippen LogP) is 5.80. The van der Waals surface area contributed by atoms with Crippen molar-refractivity contribution in [3.63, 3.8) is 0 Å². The van der Waals surface area contributed by atoms with Gasteiger partial charge in [-0.05, 0) is 68.3 Å². The molecule has 0 bridgehead atoms. The number of sulfonamides is 1. The minimum Gasteiger partial charge on any atom is -0.494 e. The zero-order valence-corrected chi connectivity index (χ0v) is 22.6. The molecular formula is C31H32N2O4S. The highest BCUT2D eigenvalue weighted by Gasteiger charge is 2.28. The fourth-order valence-corrected chi connectivity index (χ4v) is 5.55. The van der Waals surface area contributed by atoms with Crippen molar-refractivity contribution >= 4 is 21.6 Å². The number of nitrogens with zero attached hydrogens (tertiary/aromatic N) is 1. The molecule has 196 valence electrons. The van der Waals surface area contributed by atoms with Gasteiger partial charge in [0.05, 0.1) is 23.2 Å². The first-order valence-corrected chi connectivity index (χ1v) is 13.9. The summed E-state index contributed by atoms with van der Waals surface area (Å²) in [4.78, 5) is 13.6. The molecule has 4 aromatic carbocycles. The van der Waals surface area contributed by atoms with Gasteiger partial charge in [-0.2, -0.15) is 0 Å². The molecule has 0 radical (unpaired) electrons. The molecule has 0 aliphatic heterocycles. The normalized spacial score (nSPS) is 12.0. The van der Waals surface area contributed by atoms with Crippen LogP contribution in [0.3, 0.4) is 0 Å². The number of ether oxygens (including phenoxy) is 1. The molecule has 0 saturated heterocycles. The topological polar surface area (TPSA) is 75.7 Å². The Hall–Kier alpha value is -4.10. The number of carbonyl (C=O) groups excluding carboxylic acids is 1. The number of nitrogens with one attached hydrogen (secondary N) is 1. The number of hydrogen-bond donors (Lipinski definition) is 1. The standard InChI is InChI=1S/C31H32N2O4S/c1-4-37-28-18-20-29(21-19-28)38(35,36)33(27-16-12-24(3)13-17-27)22-30(34)32-31(25-8-6-5-7-9-25)26-14-10-23(2)11-15-26/h5-21,31H,4,22H2,1-3H3,(H,32,34)/t31-/m0/s1. The number of benzene rings is 4. The summed E-state index contributed by atoms with van der Waals surface area (Å²) in [6, 6.07) is 30.4. The van der Waals surface area contributed by atoms with Crippen molar-refractivity contribution in [2.45, 2.75) is 31.7 Å². The summed E-state index contributed by atoms with van der Waals surface area (Å²) >= 11 is 0. The predicted molar refractivity (Wildman–Crippen MR) is 151 cm³/mol. The fraction of sp³-hybridized carbons (Fsp3) is 0.194. The lowest BCUT2D eigenvalue weighted by atomic mass is 9.98. The first-order chi connectivity index (χ1) is 18.3. The van der Waals surface area contributed by atoms with E-state index in [9.17, 15) is 13.2 Å². The van der Waals surface area contributed by atoms with E-state index in [4.69, 9.17) is 4.74 Å². The molecule has 0 unspecified atom stereocenters. The molecule has 7 heteroatoms. The number of rotatable bonds is 10. The first kappa shape index (κ1) is 26.9. The summed E-state index contributed by atoms with van der Waals surface area (Å²) in [5, 5.41) is 3.07. The Morgan fingerprint density at radius 3 is 1.92 bits per heavy atom. The fourth-order valence-electron chi connectivity index (χ4n) is 4.13.